The summed E-state index contributed by atoms with van der Waals surface area (Å²) >= 11 is 1.45. The van der Waals surface area contributed by atoms with Crippen molar-refractivity contribution in [1.82, 2.24) is 4.98 Å². The molecule has 0 unspecified atom stereocenters. The van der Waals surface area contributed by atoms with Crippen LogP contribution < -0.4 is 10.1 Å². The lowest BCUT2D eigenvalue weighted by Crippen LogP contribution is -2.62. The third-order valence-corrected chi connectivity index (χ3v) is 13.1. The van der Waals surface area contributed by atoms with E-state index in [1.807, 2.05) is 18.2 Å². The van der Waals surface area contributed by atoms with Crippen LogP contribution in [0, 0.1) is 46.3 Å². The van der Waals surface area contributed by atoms with Gasteiger partial charge in [0, 0.05) is 6.42 Å². The van der Waals surface area contributed by atoms with Crippen molar-refractivity contribution in [3.63, 3.8) is 0 Å². The number of carbonyl (C=O) groups excluding carboxylic acids is 1. The summed E-state index contributed by atoms with van der Waals surface area (Å²) in [5.41, 5.74) is 0.680. The average Bonchev–Trinajstić information content (AvgIpc) is 3.49. The summed E-state index contributed by atoms with van der Waals surface area (Å²) in [6, 6.07) is 5.71. The summed E-state index contributed by atoms with van der Waals surface area (Å²) < 4.78 is 6.28. The molecule has 4 saturated carbocycles. The number of fused-ring (bicyclic) bond motifs is 6. The lowest BCUT2D eigenvalue weighted by atomic mass is 9.43. The molecule has 0 bridgehead atoms. The van der Waals surface area contributed by atoms with Crippen LogP contribution in [-0.2, 0) is 4.79 Å². The summed E-state index contributed by atoms with van der Waals surface area (Å²) in [6.45, 7) is 6.89. The fourth-order valence-corrected chi connectivity index (χ4v) is 10.9. The minimum absolute atomic E-state index is 0.0250. The van der Waals surface area contributed by atoms with Crippen molar-refractivity contribution in [2.45, 2.75) is 96.9 Å². The van der Waals surface area contributed by atoms with E-state index in [1.54, 1.807) is 7.11 Å². The molecule has 4 aliphatic carbocycles. The van der Waals surface area contributed by atoms with Gasteiger partial charge in [-0.1, -0.05) is 32.1 Å². The zero-order valence-electron chi connectivity index (χ0n) is 24.3. The largest absolute Gasteiger partial charge is 0.497 e. The van der Waals surface area contributed by atoms with E-state index in [-0.39, 0.29) is 34.9 Å². The van der Waals surface area contributed by atoms with Crippen molar-refractivity contribution < 1.29 is 24.9 Å². The SMILES string of the molecule is COc1ccc2nc(NC(=O)CC[C@@H](C)[C@H]3CC[C@H]4[C@@H]5[C@H](O)C[C@@H]6C[C@H](O)CC[C@]6(C)[C@H]5C[C@H](O)[C@]34C)sc2c1. The second-order valence-corrected chi connectivity index (χ2v) is 15.0. The van der Waals surface area contributed by atoms with Crippen LogP contribution in [0.25, 0.3) is 10.2 Å². The molecule has 6 rings (SSSR count). The Labute approximate surface area is 241 Å². The summed E-state index contributed by atoms with van der Waals surface area (Å²) in [5.74, 6) is 2.50. The highest BCUT2D eigenvalue weighted by Gasteiger charge is 2.65. The molecule has 0 radical (unpaired) electrons. The Morgan fingerprint density at radius 2 is 1.95 bits per heavy atom. The second-order valence-electron chi connectivity index (χ2n) is 13.9. The minimum atomic E-state index is -0.406. The van der Waals surface area contributed by atoms with Crippen LogP contribution in [0.15, 0.2) is 18.2 Å². The van der Waals surface area contributed by atoms with Crippen molar-refractivity contribution in [1.29, 1.82) is 0 Å². The zero-order valence-corrected chi connectivity index (χ0v) is 25.1. The second kappa shape index (κ2) is 10.5. The van der Waals surface area contributed by atoms with Crippen LogP contribution in [0.5, 0.6) is 5.75 Å². The van der Waals surface area contributed by atoms with Gasteiger partial charge in [-0.3, -0.25) is 4.79 Å². The van der Waals surface area contributed by atoms with Gasteiger partial charge in [-0.15, -0.1) is 0 Å². The van der Waals surface area contributed by atoms with E-state index in [0.717, 1.165) is 67.3 Å². The maximum absolute atomic E-state index is 12.9. The van der Waals surface area contributed by atoms with Gasteiger partial charge in [0.05, 0.1) is 35.6 Å². The number of amides is 1. The lowest BCUT2D eigenvalue weighted by molar-refractivity contribution is -0.207. The number of ether oxygens (including phenoxy) is 1. The van der Waals surface area contributed by atoms with Gasteiger partial charge in [-0.2, -0.15) is 0 Å². The van der Waals surface area contributed by atoms with E-state index in [1.165, 1.54) is 11.3 Å². The number of hydrogen-bond acceptors (Lipinski definition) is 7. The van der Waals surface area contributed by atoms with Gasteiger partial charge in [-0.05, 0) is 116 Å². The van der Waals surface area contributed by atoms with E-state index in [9.17, 15) is 20.1 Å². The van der Waals surface area contributed by atoms with Gasteiger partial charge in [0.15, 0.2) is 5.13 Å². The molecule has 8 heteroatoms. The summed E-state index contributed by atoms with van der Waals surface area (Å²) in [5, 5.41) is 37.2. The number of aliphatic hydroxyl groups excluding tert-OH is 3. The number of thiazole rings is 1. The molecule has 1 aromatic carbocycles. The Morgan fingerprint density at radius 3 is 2.73 bits per heavy atom. The van der Waals surface area contributed by atoms with E-state index in [4.69, 9.17) is 4.74 Å². The number of nitrogens with zero attached hydrogens (tertiary/aromatic N) is 1. The van der Waals surface area contributed by atoms with Gasteiger partial charge >= 0.3 is 0 Å². The predicted molar refractivity (Wildman–Crippen MR) is 157 cm³/mol. The molecule has 4 fully saturated rings. The topological polar surface area (TPSA) is 112 Å². The molecule has 4 aliphatic rings. The Kier molecular flexibility index (Phi) is 7.46. The molecular weight excluding hydrogens is 524 g/mol. The van der Waals surface area contributed by atoms with E-state index >= 15 is 0 Å². The molecule has 7 nitrogen and oxygen atoms in total. The van der Waals surface area contributed by atoms with Gasteiger partial charge in [0.1, 0.15) is 5.75 Å². The summed E-state index contributed by atoms with van der Waals surface area (Å²) in [4.78, 5) is 17.5. The normalized spacial score (nSPS) is 41.6. The number of anilines is 1. The van der Waals surface area contributed by atoms with Crippen LogP contribution in [-0.4, -0.2) is 51.6 Å². The standard InChI is InChI=1S/C32H46N2O5S/c1-17(5-10-28(38)34-30-33-24-9-6-20(39-4)15-26(24)40-30)21-7-8-22-29-23(16-27(37)32(21,22)3)31(2)12-11-19(35)13-18(31)14-25(29)36/h6,9,15,17-19,21-23,25,27,29,35-37H,5,7-8,10-14,16H2,1-4H3,(H,33,34,38)/t17-,18+,19-,21-,22+,23+,25-,27+,29+,31+,32-/m1/s1. The van der Waals surface area contributed by atoms with E-state index < -0.39 is 6.10 Å². The molecule has 1 heterocycles. The molecule has 0 spiro atoms. The van der Waals surface area contributed by atoms with Crippen molar-refractivity contribution in [2.75, 3.05) is 12.4 Å². The van der Waals surface area contributed by atoms with Crippen LogP contribution in [0.2, 0.25) is 0 Å². The first kappa shape index (κ1) is 28.4. The molecule has 0 saturated heterocycles. The first-order valence-electron chi connectivity index (χ1n) is 15.3. The first-order valence-corrected chi connectivity index (χ1v) is 16.1. The predicted octanol–water partition coefficient (Wildman–Crippen LogP) is 5.62. The number of aromatic nitrogens is 1. The molecule has 0 aliphatic heterocycles. The molecule has 1 aromatic heterocycles. The van der Waals surface area contributed by atoms with Crippen LogP contribution >= 0.6 is 11.3 Å². The number of methoxy groups -OCH3 is 1. The Hall–Kier alpha value is -1.74. The van der Waals surface area contributed by atoms with Crippen LogP contribution in [0.4, 0.5) is 5.13 Å². The lowest BCUT2D eigenvalue weighted by Gasteiger charge is -2.63. The summed E-state index contributed by atoms with van der Waals surface area (Å²) in [7, 11) is 1.64. The maximum atomic E-state index is 12.9. The Balaban J connectivity index is 1.12. The van der Waals surface area contributed by atoms with Crippen molar-refractivity contribution in [3.8, 4) is 5.75 Å². The maximum Gasteiger partial charge on any atom is 0.226 e. The van der Waals surface area contributed by atoms with Crippen LogP contribution in [0.1, 0.15) is 78.6 Å². The number of carbonyl (C=O) groups is 1. The van der Waals surface area contributed by atoms with Crippen molar-refractivity contribution in [3.05, 3.63) is 18.2 Å². The minimum Gasteiger partial charge on any atom is -0.497 e. The van der Waals surface area contributed by atoms with Gasteiger partial charge in [0.2, 0.25) is 5.91 Å². The average molecular weight is 571 g/mol. The first-order chi connectivity index (χ1) is 19.0. The number of nitrogens with one attached hydrogen (secondary N) is 1. The number of hydrogen-bond donors (Lipinski definition) is 4. The van der Waals surface area contributed by atoms with E-state index in [2.05, 4.69) is 31.1 Å². The Morgan fingerprint density at radius 1 is 1.15 bits per heavy atom. The highest BCUT2D eigenvalue weighted by molar-refractivity contribution is 7.22. The van der Waals surface area contributed by atoms with E-state index in [0.29, 0.717) is 41.1 Å². The molecular formula is C32H46N2O5S. The molecule has 4 N–H and O–H groups in total. The molecule has 1 amide bonds. The third-order valence-electron chi connectivity index (χ3n) is 12.2. The molecule has 220 valence electrons. The van der Waals surface area contributed by atoms with Crippen molar-refractivity contribution >= 4 is 32.6 Å². The number of benzene rings is 1. The van der Waals surface area contributed by atoms with Gasteiger partial charge < -0.3 is 25.4 Å². The number of aliphatic hydroxyl groups is 3. The quantitative estimate of drug-likeness (QED) is 0.359. The Bertz CT molecular complexity index is 1250. The van der Waals surface area contributed by atoms with Gasteiger partial charge in [-0.25, -0.2) is 4.98 Å². The number of rotatable bonds is 6. The highest BCUT2D eigenvalue weighted by Crippen LogP contribution is 2.68. The molecule has 2 aromatic rings. The van der Waals surface area contributed by atoms with Crippen molar-refractivity contribution in [2.24, 2.45) is 46.3 Å². The fourth-order valence-electron chi connectivity index (χ4n) is 9.96. The third kappa shape index (κ3) is 4.58. The smallest absolute Gasteiger partial charge is 0.226 e. The molecule has 40 heavy (non-hydrogen) atoms. The zero-order chi connectivity index (χ0) is 28.4. The monoisotopic (exact) mass is 570 g/mol. The van der Waals surface area contributed by atoms with Crippen LogP contribution in [0.3, 0.4) is 0 Å². The fraction of sp³-hybridized carbons (Fsp3) is 0.750. The van der Waals surface area contributed by atoms with Gasteiger partial charge in [0.25, 0.3) is 0 Å². The summed E-state index contributed by atoms with van der Waals surface area (Å²) in [6.07, 6.45) is 6.34. The highest BCUT2D eigenvalue weighted by atomic mass is 32.1. The molecule has 11 atom stereocenters.